The molecule has 0 fully saturated rings. The molecule has 1 aromatic carbocycles. The van der Waals surface area contributed by atoms with Crippen LogP contribution in [-0.2, 0) is 4.79 Å². The van der Waals surface area contributed by atoms with Gasteiger partial charge < -0.3 is 0 Å². The van der Waals surface area contributed by atoms with E-state index in [1.54, 1.807) is 24.3 Å². The SMILES string of the molecule is O=C1C=CCCC1C(=O)c1ccc(Cl)cc1. The van der Waals surface area contributed by atoms with Crippen molar-refractivity contribution in [1.29, 1.82) is 0 Å². The lowest BCUT2D eigenvalue weighted by molar-refractivity contribution is -0.117. The van der Waals surface area contributed by atoms with Crippen LogP contribution < -0.4 is 0 Å². The molecule has 0 bridgehead atoms. The number of rotatable bonds is 2. The van der Waals surface area contributed by atoms with E-state index in [4.69, 9.17) is 11.6 Å². The van der Waals surface area contributed by atoms with Crippen molar-refractivity contribution in [1.82, 2.24) is 0 Å². The number of Topliss-reactive ketones (excluding diaryl/α,β-unsaturated/α-hetero) is 1. The number of ketones is 2. The molecule has 16 heavy (non-hydrogen) atoms. The van der Waals surface area contributed by atoms with E-state index in [-0.39, 0.29) is 11.6 Å². The molecule has 2 rings (SSSR count). The van der Waals surface area contributed by atoms with Crippen molar-refractivity contribution in [2.75, 3.05) is 0 Å². The largest absolute Gasteiger partial charge is 0.294 e. The molecular weight excluding hydrogens is 224 g/mol. The third-order valence-electron chi connectivity index (χ3n) is 2.69. The summed E-state index contributed by atoms with van der Waals surface area (Å²) in [7, 11) is 0. The predicted octanol–water partition coefficient (Wildman–Crippen LogP) is 3.06. The molecule has 0 saturated heterocycles. The molecule has 0 radical (unpaired) electrons. The Morgan fingerprint density at radius 2 is 1.94 bits per heavy atom. The van der Waals surface area contributed by atoms with Gasteiger partial charge in [0.2, 0.25) is 0 Å². The standard InChI is InChI=1S/C13H11ClO2/c14-10-7-5-9(6-8-10)13(16)11-3-1-2-4-12(11)15/h2,4-8,11H,1,3H2. The Balaban J connectivity index is 2.22. The van der Waals surface area contributed by atoms with Crippen LogP contribution in [0.25, 0.3) is 0 Å². The molecule has 0 spiro atoms. The third-order valence-corrected chi connectivity index (χ3v) is 2.94. The third kappa shape index (κ3) is 2.22. The minimum Gasteiger partial charge on any atom is -0.294 e. The zero-order valence-corrected chi connectivity index (χ0v) is 9.41. The Hall–Kier alpha value is -1.41. The van der Waals surface area contributed by atoms with E-state index in [1.165, 1.54) is 6.08 Å². The molecule has 0 N–H and O–H groups in total. The van der Waals surface area contributed by atoms with Crippen LogP contribution in [0.2, 0.25) is 5.02 Å². The highest BCUT2D eigenvalue weighted by Crippen LogP contribution is 2.21. The number of carbonyl (C=O) groups excluding carboxylic acids is 2. The molecule has 3 heteroatoms. The summed E-state index contributed by atoms with van der Waals surface area (Å²) in [6.45, 7) is 0. The van der Waals surface area contributed by atoms with Crippen LogP contribution in [0.1, 0.15) is 23.2 Å². The maximum atomic E-state index is 12.0. The first-order valence-electron chi connectivity index (χ1n) is 5.18. The Morgan fingerprint density at radius 1 is 1.25 bits per heavy atom. The first kappa shape index (κ1) is 11.1. The smallest absolute Gasteiger partial charge is 0.173 e. The van der Waals surface area contributed by atoms with Gasteiger partial charge >= 0.3 is 0 Å². The average Bonchev–Trinajstić information content (AvgIpc) is 2.30. The van der Waals surface area contributed by atoms with Crippen molar-refractivity contribution in [2.45, 2.75) is 12.8 Å². The molecule has 0 aromatic heterocycles. The second kappa shape index (κ2) is 4.62. The highest BCUT2D eigenvalue weighted by atomic mass is 35.5. The molecule has 1 aliphatic rings. The summed E-state index contributed by atoms with van der Waals surface area (Å²) in [5.74, 6) is -0.705. The molecule has 0 saturated carbocycles. The number of halogens is 1. The number of hydrogen-bond acceptors (Lipinski definition) is 2. The van der Waals surface area contributed by atoms with Crippen molar-refractivity contribution in [3.63, 3.8) is 0 Å². The fourth-order valence-electron chi connectivity index (χ4n) is 1.80. The summed E-state index contributed by atoms with van der Waals surface area (Å²) in [6, 6.07) is 6.66. The van der Waals surface area contributed by atoms with Crippen LogP contribution in [0.4, 0.5) is 0 Å². The van der Waals surface area contributed by atoms with E-state index in [0.29, 0.717) is 17.0 Å². The van der Waals surface area contributed by atoms with E-state index in [9.17, 15) is 9.59 Å². The second-order valence-electron chi connectivity index (χ2n) is 3.81. The number of hydrogen-bond donors (Lipinski definition) is 0. The van der Waals surface area contributed by atoms with Gasteiger partial charge in [0.25, 0.3) is 0 Å². The van der Waals surface area contributed by atoms with Gasteiger partial charge in [-0.3, -0.25) is 9.59 Å². The Labute approximate surface area is 98.9 Å². The van der Waals surface area contributed by atoms with E-state index >= 15 is 0 Å². The van der Waals surface area contributed by atoms with Gasteiger partial charge in [-0.05, 0) is 43.2 Å². The van der Waals surface area contributed by atoms with Crippen molar-refractivity contribution in [3.8, 4) is 0 Å². The maximum absolute atomic E-state index is 12.0. The number of benzene rings is 1. The van der Waals surface area contributed by atoms with Gasteiger partial charge in [-0.15, -0.1) is 0 Å². The monoisotopic (exact) mass is 234 g/mol. The van der Waals surface area contributed by atoms with Crippen LogP contribution in [0.15, 0.2) is 36.4 Å². The minimum atomic E-state index is -0.508. The van der Waals surface area contributed by atoms with Gasteiger partial charge in [0.1, 0.15) is 0 Å². The summed E-state index contributed by atoms with van der Waals surface area (Å²) >= 11 is 5.74. The quantitative estimate of drug-likeness (QED) is 0.582. The van der Waals surface area contributed by atoms with Gasteiger partial charge in [0.05, 0.1) is 5.92 Å². The number of allylic oxidation sites excluding steroid dienone is 2. The fraction of sp³-hybridized carbons (Fsp3) is 0.231. The molecular formula is C13H11ClO2. The molecule has 0 heterocycles. The van der Waals surface area contributed by atoms with E-state index in [0.717, 1.165) is 6.42 Å². The predicted molar refractivity (Wildman–Crippen MR) is 62.7 cm³/mol. The number of carbonyl (C=O) groups is 2. The van der Waals surface area contributed by atoms with Crippen LogP contribution in [0, 0.1) is 5.92 Å². The average molecular weight is 235 g/mol. The molecule has 1 unspecified atom stereocenters. The highest BCUT2D eigenvalue weighted by Gasteiger charge is 2.26. The minimum absolute atomic E-state index is 0.0915. The summed E-state index contributed by atoms with van der Waals surface area (Å²) < 4.78 is 0. The van der Waals surface area contributed by atoms with Crippen LogP contribution in [-0.4, -0.2) is 11.6 Å². The van der Waals surface area contributed by atoms with E-state index < -0.39 is 5.92 Å². The van der Waals surface area contributed by atoms with E-state index in [1.807, 2.05) is 6.08 Å². The van der Waals surface area contributed by atoms with Crippen LogP contribution in [0.3, 0.4) is 0 Å². The Morgan fingerprint density at radius 3 is 2.56 bits per heavy atom. The lowest BCUT2D eigenvalue weighted by Crippen LogP contribution is -2.24. The van der Waals surface area contributed by atoms with Crippen LogP contribution >= 0.6 is 11.6 Å². The lowest BCUT2D eigenvalue weighted by Gasteiger charge is -2.15. The van der Waals surface area contributed by atoms with Crippen molar-refractivity contribution in [3.05, 3.63) is 47.0 Å². The van der Waals surface area contributed by atoms with Gasteiger partial charge in [0, 0.05) is 10.6 Å². The van der Waals surface area contributed by atoms with Gasteiger partial charge in [0.15, 0.2) is 11.6 Å². The molecule has 0 aliphatic heterocycles. The highest BCUT2D eigenvalue weighted by molar-refractivity contribution is 6.30. The lowest BCUT2D eigenvalue weighted by atomic mass is 9.86. The topological polar surface area (TPSA) is 34.1 Å². The first-order valence-corrected chi connectivity index (χ1v) is 5.56. The summed E-state index contributed by atoms with van der Waals surface area (Å²) in [5.41, 5.74) is 0.554. The summed E-state index contributed by atoms with van der Waals surface area (Å²) in [6.07, 6.45) is 4.71. The Bertz CT molecular complexity index is 446. The van der Waals surface area contributed by atoms with Gasteiger partial charge in [-0.25, -0.2) is 0 Å². The van der Waals surface area contributed by atoms with Gasteiger partial charge in [-0.1, -0.05) is 17.7 Å². The first-order chi connectivity index (χ1) is 7.68. The summed E-state index contributed by atoms with van der Waals surface area (Å²) in [4.78, 5) is 23.6. The molecule has 0 amide bonds. The fourth-order valence-corrected chi connectivity index (χ4v) is 1.92. The van der Waals surface area contributed by atoms with Gasteiger partial charge in [-0.2, -0.15) is 0 Å². The van der Waals surface area contributed by atoms with Crippen LogP contribution in [0.5, 0.6) is 0 Å². The zero-order chi connectivity index (χ0) is 11.5. The maximum Gasteiger partial charge on any atom is 0.173 e. The van der Waals surface area contributed by atoms with Crippen molar-refractivity contribution < 1.29 is 9.59 Å². The van der Waals surface area contributed by atoms with Crippen molar-refractivity contribution >= 4 is 23.2 Å². The molecule has 2 nitrogen and oxygen atoms in total. The molecule has 1 aromatic rings. The van der Waals surface area contributed by atoms with E-state index in [2.05, 4.69) is 0 Å². The zero-order valence-electron chi connectivity index (χ0n) is 8.65. The van der Waals surface area contributed by atoms with Crippen molar-refractivity contribution in [2.24, 2.45) is 5.92 Å². The Kier molecular flexibility index (Phi) is 3.20. The molecule has 82 valence electrons. The molecule has 1 atom stereocenters. The summed E-state index contributed by atoms with van der Waals surface area (Å²) in [5, 5.41) is 0.589. The molecule has 1 aliphatic carbocycles. The second-order valence-corrected chi connectivity index (χ2v) is 4.24. The normalized spacial score (nSPS) is 19.8.